The lowest BCUT2D eigenvalue weighted by atomic mass is 10.2. The molecule has 0 aromatic heterocycles. The van der Waals surface area contributed by atoms with E-state index in [0.29, 0.717) is 0 Å². The lowest BCUT2D eigenvalue weighted by Gasteiger charge is -2.16. The maximum absolute atomic E-state index is 12.2. The van der Waals surface area contributed by atoms with Crippen LogP contribution >= 0.6 is 0 Å². The number of azo groups is 1. The molecule has 2 aromatic carbocycles. The summed E-state index contributed by atoms with van der Waals surface area (Å²) in [6, 6.07) is 16.9. The van der Waals surface area contributed by atoms with Crippen LogP contribution in [0.1, 0.15) is 11.1 Å². The zero-order chi connectivity index (χ0) is 16.7. The van der Waals surface area contributed by atoms with Crippen molar-refractivity contribution >= 4 is 17.4 Å². The van der Waals surface area contributed by atoms with Crippen molar-refractivity contribution in [1.29, 1.82) is 0 Å². The molecular weight excluding hydrogens is 290 g/mol. The van der Waals surface area contributed by atoms with Gasteiger partial charge in [0.2, 0.25) is 5.91 Å². The number of nitrogens with two attached hydrogens (primary N) is 1. The zero-order valence-corrected chi connectivity index (χ0v) is 13.2. The van der Waals surface area contributed by atoms with Crippen LogP contribution in [0.4, 0.5) is 5.69 Å². The first-order valence-electron chi connectivity index (χ1n) is 7.16. The molecule has 6 nitrogen and oxygen atoms in total. The Morgan fingerprint density at radius 2 is 1.87 bits per heavy atom. The summed E-state index contributed by atoms with van der Waals surface area (Å²) in [5, 5.41) is 11.5. The largest absolute Gasteiger partial charge is 0.321 e. The highest BCUT2D eigenvalue weighted by Gasteiger charge is 2.10. The van der Waals surface area contributed by atoms with E-state index in [9.17, 15) is 4.79 Å². The number of benzene rings is 2. The molecule has 0 aliphatic carbocycles. The smallest absolute Gasteiger partial charge is 0.250 e. The summed E-state index contributed by atoms with van der Waals surface area (Å²) < 4.78 is 0. The molecule has 23 heavy (non-hydrogen) atoms. The minimum atomic E-state index is -0.163. The maximum Gasteiger partial charge on any atom is 0.250 e. The Morgan fingerprint density at radius 3 is 2.52 bits per heavy atom. The molecule has 1 amide bonds. The molecular formula is C17H19N5O. The van der Waals surface area contributed by atoms with Gasteiger partial charge < -0.3 is 10.7 Å². The molecule has 0 spiro atoms. The second-order valence-corrected chi connectivity index (χ2v) is 5.01. The first-order chi connectivity index (χ1) is 11.1. The summed E-state index contributed by atoms with van der Waals surface area (Å²) in [5.41, 5.74) is 2.66. The molecule has 0 saturated carbocycles. The van der Waals surface area contributed by atoms with Gasteiger partial charge in [-0.05, 0) is 24.6 Å². The SMILES string of the molecule is Cc1cccc(N(C)C(=O)CN=N/C(=N\N)c2ccccc2)c1. The molecule has 6 heteroatoms. The van der Waals surface area contributed by atoms with Gasteiger partial charge >= 0.3 is 0 Å². The number of hydrogen-bond acceptors (Lipinski definition) is 4. The van der Waals surface area contributed by atoms with Gasteiger partial charge in [0.15, 0.2) is 5.84 Å². The first-order valence-corrected chi connectivity index (χ1v) is 7.16. The highest BCUT2D eigenvalue weighted by atomic mass is 16.2. The molecule has 0 aliphatic rings. The molecule has 2 N–H and O–H groups in total. The van der Waals surface area contributed by atoms with E-state index in [-0.39, 0.29) is 18.3 Å². The van der Waals surface area contributed by atoms with Gasteiger partial charge in [0.25, 0.3) is 0 Å². The van der Waals surface area contributed by atoms with Gasteiger partial charge in [-0.25, -0.2) is 0 Å². The summed E-state index contributed by atoms with van der Waals surface area (Å²) in [4.78, 5) is 13.7. The van der Waals surface area contributed by atoms with E-state index in [1.54, 1.807) is 11.9 Å². The Balaban J connectivity index is 2.00. The summed E-state index contributed by atoms with van der Waals surface area (Å²) in [7, 11) is 1.71. The van der Waals surface area contributed by atoms with Gasteiger partial charge in [0, 0.05) is 18.3 Å². The predicted octanol–water partition coefficient (Wildman–Crippen LogP) is 2.73. The Labute approximate surface area is 135 Å². The van der Waals surface area contributed by atoms with Crippen molar-refractivity contribution in [3.63, 3.8) is 0 Å². The van der Waals surface area contributed by atoms with Crippen molar-refractivity contribution in [2.75, 3.05) is 18.5 Å². The van der Waals surface area contributed by atoms with Crippen LogP contribution in [-0.2, 0) is 4.79 Å². The van der Waals surface area contributed by atoms with Crippen LogP contribution in [0.2, 0.25) is 0 Å². The minimum absolute atomic E-state index is 0.0731. The van der Waals surface area contributed by atoms with Crippen LogP contribution in [0.25, 0.3) is 0 Å². The van der Waals surface area contributed by atoms with Crippen molar-refractivity contribution in [2.24, 2.45) is 21.2 Å². The van der Waals surface area contributed by atoms with Gasteiger partial charge in [-0.2, -0.15) is 10.2 Å². The van der Waals surface area contributed by atoms with Crippen LogP contribution < -0.4 is 10.7 Å². The maximum atomic E-state index is 12.2. The van der Waals surface area contributed by atoms with E-state index in [1.165, 1.54) is 0 Å². The highest BCUT2D eigenvalue weighted by molar-refractivity contribution is 5.99. The average Bonchev–Trinajstić information content (AvgIpc) is 2.58. The van der Waals surface area contributed by atoms with Gasteiger partial charge in [-0.1, -0.05) is 42.5 Å². The number of anilines is 1. The summed E-state index contributed by atoms with van der Waals surface area (Å²) in [5.74, 6) is 5.45. The van der Waals surface area contributed by atoms with E-state index >= 15 is 0 Å². The number of carbonyl (C=O) groups excluding carboxylic acids is 1. The van der Waals surface area contributed by atoms with E-state index in [4.69, 9.17) is 5.84 Å². The number of hydrazone groups is 1. The molecule has 2 aromatic rings. The fourth-order valence-electron chi connectivity index (χ4n) is 1.99. The molecule has 0 atom stereocenters. The normalized spacial score (nSPS) is 11.7. The number of carbonyl (C=O) groups is 1. The molecule has 118 valence electrons. The molecule has 0 bridgehead atoms. The Bertz CT molecular complexity index is 725. The zero-order valence-electron chi connectivity index (χ0n) is 13.2. The number of likely N-dealkylation sites (N-methyl/N-ethyl adjacent to an activating group) is 1. The first kappa shape index (κ1) is 16.4. The molecule has 2 rings (SSSR count). The number of amides is 1. The Hall–Kier alpha value is -3.02. The van der Waals surface area contributed by atoms with Gasteiger partial charge in [-0.3, -0.25) is 4.79 Å². The predicted molar refractivity (Wildman–Crippen MR) is 91.5 cm³/mol. The highest BCUT2D eigenvalue weighted by Crippen LogP contribution is 2.14. The third kappa shape index (κ3) is 4.47. The topological polar surface area (TPSA) is 83.4 Å². The van der Waals surface area contributed by atoms with Crippen LogP contribution in [-0.4, -0.2) is 25.3 Å². The van der Waals surface area contributed by atoms with E-state index in [1.807, 2.05) is 61.5 Å². The Kier molecular flexibility index (Phi) is 5.57. The Morgan fingerprint density at radius 1 is 1.13 bits per heavy atom. The molecule has 0 saturated heterocycles. The average molecular weight is 309 g/mol. The number of aryl methyl sites for hydroxylation is 1. The monoisotopic (exact) mass is 309 g/mol. The van der Waals surface area contributed by atoms with Crippen molar-refractivity contribution < 1.29 is 4.79 Å². The number of nitrogens with zero attached hydrogens (tertiary/aromatic N) is 4. The molecule has 0 heterocycles. The van der Waals surface area contributed by atoms with Gasteiger partial charge in [0.05, 0.1) is 0 Å². The van der Waals surface area contributed by atoms with E-state index in [2.05, 4.69) is 15.3 Å². The summed E-state index contributed by atoms with van der Waals surface area (Å²) in [6.45, 7) is 1.90. The number of rotatable bonds is 4. The standard InChI is InChI=1S/C17H19N5O/c1-13-7-6-10-15(11-13)22(2)16(23)12-19-21-17(20-18)14-8-4-3-5-9-14/h3-11H,12,18H2,1-2H3/b20-17-,21-19?. The second kappa shape index (κ2) is 7.84. The van der Waals surface area contributed by atoms with E-state index < -0.39 is 0 Å². The van der Waals surface area contributed by atoms with E-state index in [0.717, 1.165) is 16.8 Å². The summed E-state index contributed by atoms with van der Waals surface area (Å²) in [6.07, 6.45) is 0. The van der Waals surface area contributed by atoms with Crippen LogP contribution in [0.3, 0.4) is 0 Å². The van der Waals surface area contributed by atoms with Crippen LogP contribution in [0, 0.1) is 6.92 Å². The number of hydrogen-bond donors (Lipinski definition) is 1. The molecule has 0 fully saturated rings. The quantitative estimate of drug-likeness (QED) is 0.310. The molecule has 0 radical (unpaired) electrons. The fourth-order valence-corrected chi connectivity index (χ4v) is 1.99. The lowest BCUT2D eigenvalue weighted by Crippen LogP contribution is -2.28. The minimum Gasteiger partial charge on any atom is -0.321 e. The molecule has 0 unspecified atom stereocenters. The van der Waals surface area contributed by atoms with Crippen molar-refractivity contribution in [1.82, 2.24) is 0 Å². The second-order valence-electron chi connectivity index (χ2n) is 5.01. The van der Waals surface area contributed by atoms with Gasteiger partial charge in [-0.15, -0.1) is 5.11 Å². The van der Waals surface area contributed by atoms with Crippen molar-refractivity contribution in [3.8, 4) is 0 Å². The molecule has 0 aliphatic heterocycles. The van der Waals surface area contributed by atoms with Crippen molar-refractivity contribution in [3.05, 3.63) is 65.7 Å². The van der Waals surface area contributed by atoms with Gasteiger partial charge in [0.1, 0.15) is 6.54 Å². The lowest BCUT2D eigenvalue weighted by molar-refractivity contribution is -0.117. The summed E-state index contributed by atoms with van der Waals surface area (Å²) >= 11 is 0. The van der Waals surface area contributed by atoms with Crippen molar-refractivity contribution in [2.45, 2.75) is 6.92 Å². The third-order valence-electron chi connectivity index (χ3n) is 3.29. The third-order valence-corrected chi connectivity index (χ3v) is 3.29. The number of amidine groups is 1. The van der Waals surface area contributed by atoms with Crippen LogP contribution in [0.15, 0.2) is 69.9 Å². The fraction of sp³-hybridized carbons (Fsp3) is 0.176. The van der Waals surface area contributed by atoms with Crippen LogP contribution in [0.5, 0.6) is 0 Å².